The average molecular weight is 402 g/mol. The van der Waals surface area contributed by atoms with Crippen LogP contribution in [0.15, 0.2) is 42.5 Å². The fraction of sp³-hybridized carbons (Fsp3) is 0.423. The van der Waals surface area contributed by atoms with Gasteiger partial charge in [-0.15, -0.1) is 0 Å². The molecular weight excluding hydrogens is 376 g/mol. The Morgan fingerprint density at radius 3 is 2.23 bits per heavy atom. The van der Waals surface area contributed by atoms with Gasteiger partial charge in [-0.05, 0) is 96.6 Å². The second-order valence-electron chi connectivity index (χ2n) is 9.75. The van der Waals surface area contributed by atoms with Gasteiger partial charge in [-0.3, -0.25) is 0 Å². The lowest BCUT2D eigenvalue weighted by molar-refractivity contribution is -0.131. The molecule has 0 aromatic heterocycles. The topological polar surface area (TPSA) is 55.8 Å². The molecule has 30 heavy (non-hydrogen) atoms. The molecule has 5 aliphatic rings. The molecule has 0 radical (unpaired) electrons. The maximum absolute atomic E-state index is 10.8. The van der Waals surface area contributed by atoms with E-state index >= 15 is 0 Å². The first-order valence-electron chi connectivity index (χ1n) is 11.0. The van der Waals surface area contributed by atoms with Crippen molar-refractivity contribution in [2.45, 2.75) is 43.9 Å². The molecule has 2 aromatic carbocycles. The summed E-state index contributed by atoms with van der Waals surface area (Å²) in [5.41, 5.74) is 4.75. The summed E-state index contributed by atoms with van der Waals surface area (Å²) in [5, 5.41) is 8.83. The number of aliphatic carboxylic acids is 1. The van der Waals surface area contributed by atoms with Crippen molar-refractivity contribution in [2.75, 3.05) is 6.79 Å². The van der Waals surface area contributed by atoms with Crippen molar-refractivity contribution >= 4 is 12.0 Å². The quantitative estimate of drug-likeness (QED) is 0.672. The predicted molar refractivity (Wildman–Crippen MR) is 115 cm³/mol. The van der Waals surface area contributed by atoms with E-state index < -0.39 is 5.97 Å². The number of carbonyl (C=O) groups is 1. The number of ether oxygens (including phenoxy) is 2. The normalized spacial score (nSPS) is 30.9. The van der Waals surface area contributed by atoms with Crippen LogP contribution in [0.5, 0.6) is 11.5 Å². The summed E-state index contributed by atoms with van der Waals surface area (Å²) in [6.45, 7) is 0.303. The van der Waals surface area contributed by atoms with Crippen LogP contribution in [0.4, 0.5) is 0 Å². The van der Waals surface area contributed by atoms with E-state index in [2.05, 4.69) is 24.3 Å². The van der Waals surface area contributed by atoms with Gasteiger partial charge >= 0.3 is 5.97 Å². The Hall–Kier alpha value is -2.75. The molecular formula is C26H26O4. The largest absolute Gasteiger partial charge is 0.478 e. The fourth-order valence-electron chi connectivity index (χ4n) is 6.97. The SMILES string of the molecule is O=C(O)/C=C/c1ccc(-c2cc3c(c(C45CC6CC(CC(C6)C4)C5)c2)OCO3)cc1. The second kappa shape index (κ2) is 6.63. The minimum atomic E-state index is -0.935. The van der Waals surface area contributed by atoms with Gasteiger partial charge in [-0.2, -0.15) is 0 Å². The number of fused-ring (bicyclic) bond motifs is 1. The molecule has 0 saturated heterocycles. The lowest BCUT2D eigenvalue weighted by Crippen LogP contribution is -2.48. The maximum atomic E-state index is 10.8. The van der Waals surface area contributed by atoms with Gasteiger partial charge in [0, 0.05) is 11.6 Å². The highest BCUT2D eigenvalue weighted by molar-refractivity contribution is 5.85. The Morgan fingerprint density at radius 1 is 0.933 bits per heavy atom. The first-order chi connectivity index (χ1) is 14.6. The molecule has 4 fully saturated rings. The Morgan fingerprint density at radius 2 is 1.60 bits per heavy atom. The van der Waals surface area contributed by atoms with Crippen molar-refractivity contribution in [1.29, 1.82) is 0 Å². The minimum absolute atomic E-state index is 0.243. The molecule has 4 heteroatoms. The third kappa shape index (κ3) is 2.92. The van der Waals surface area contributed by atoms with Gasteiger partial charge in [0.05, 0.1) is 0 Å². The molecule has 0 unspecified atom stereocenters. The van der Waals surface area contributed by atoms with Crippen molar-refractivity contribution in [3.05, 3.63) is 53.6 Å². The summed E-state index contributed by atoms with van der Waals surface area (Å²) in [7, 11) is 0. The van der Waals surface area contributed by atoms with Crippen molar-refractivity contribution in [2.24, 2.45) is 17.8 Å². The molecule has 7 rings (SSSR count). The standard InChI is InChI=1S/C26H26O4/c27-24(28)6-3-16-1-4-20(5-2-16)21-10-22(25-23(11-21)29-15-30-25)26-12-17-7-18(13-26)9-19(8-17)14-26/h1-6,10-11,17-19H,7-9,12-15H2,(H,27,28)/b6-3+. The van der Waals surface area contributed by atoms with Gasteiger partial charge in [-0.1, -0.05) is 24.3 Å². The van der Waals surface area contributed by atoms with Crippen LogP contribution < -0.4 is 9.47 Å². The van der Waals surface area contributed by atoms with Crippen molar-refractivity contribution in [3.63, 3.8) is 0 Å². The molecule has 1 heterocycles. The fourth-order valence-corrected chi connectivity index (χ4v) is 6.97. The summed E-state index contributed by atoms with van der Waals surface area (Å²) >= 11 is 0. The highest BCUT2D eigenvalue weighted by atomic mass is 16.7. The van der Waals surface area contributed by atoms with E-state index in [-0.39, 0.29) is 5.41 Å². The van der Waals surface area contributed by atoms with Crippen LogP contribution in [0.3, 0.4) is 0 Å². The smallest absolute Gasteiger partial charge is 0.328 e. The summed E-state index contributed by atoms with van der Waals surface area (Å²) in [6.07, 6.45) is 10.9. The first kappa shape index (κ1) is 18.1. The van der Waals surface area contributed by atoms with Crippen LogP contribution >= 0.6 is 0 Å². The monoisotopic (exact) mass is 402 g/mol. The zero-order valence-corrected chi connectivity index (χ0v) is 17.0. The highest BCUT2D eigenvalue weighted by Crippen LogP contribution is 2.63. The molecule has 154 valence electrons. The van der Waals surface area contributed by atoms with Gasteiger partial charge in [0.1, 0.15) is 0 Å². The molecule has 1 N–H and O–H groups in total. The molecule has 0 spiro atoms. The van der Waals surface area contributed by atoms with Crippen LogP contribution in [-0.4, -0.2) is 17.9 Å². The number of hydrogen-bond acceptors (Lipinski definition) is 3. The van der Waals surface area contributed by atoms with Gasteiger partial charge in [0.15, 0.2) is 11.5 Å². The molecule has 1 aliphatic heterocycles. The second-order valence-corrected chi connectivity index (χ2v) is 9.75. The lowest BCUT2D eigenvalue weighted by Gasteiger charge is -2.57. The summed E-state index contributed by atoms with van der Waals surface area (Å²) in [5.74, 6) is 3.53. The number of rotatable bonds is 4. The van der Waals surface area contributed by atoms with E-state index in [1.54, 1.807) is 6.08 Å². The lowest BCUT2D eigenvalue weighted by atomic mass is 9.48. The van der Waals surface area contributed by atoms with E-state index in [1.807, 2.05) is 12.1 Å². The van der Waals surface area contributed by atoms with Crippen LogP contribution in [0.1, 0.15) is 49.7 Å². The van der Waals surface area contributed by atoms with E-state index in [1.165, 1.54) is 50.2 Å². The third-order valence-corrected chi connectivity index (χ3v) is 7.74. The summed E-state index contributed by atoms with van der Waals surface area (Å²) in [6, 6.07) is 12.5. The van der Waals surface area contributed by atoms with E-state index in [9.17, 15) is 4.79 Å². The Labute approximate surface area is 176 Å². The molecule has 0 amide bonds. The van der Waals surface area contributed by atoms with Gasteiger partial charge in [0.2, 0.25) is 6.79 Å². The van der Waals surface area contributed by atoms with Gasteiger partial charge in [0.25, 0.3) is 0 Å². The molecule has 4 saturated carbocycles. The van der Waals surface area contributed by atoms with Gasteiger partial charge in [-0.25, -0.2) is 4.79 Å². The van der Waals surface area contributed by atoms with Crippen molar-refractivity contribution < 1.29 is 19.4 Å². The Bertz CT molecular complexity index is 998. The predicted octanol–water partition coefficient (Wildman–Crippen LogP) is 5.65. The van der Waals surface area contributed by atoms with Crippen LogP contribution in [0.2, 0.25) is 0 Å². The molecule has 4 bridgehead atoms. The van der Waals surface area contributed by atoms with Crippen LogP contribution in [-0.2, 0) is 10.2 Å². The number of benzene rings is 2. The third-order valence-electron chi connectivity index (χ3n) is 7.74. The number of carboxylic acids is 1. The molecule has 4 aliphatic carbocycles. The minimum Gasteiger partial charge on any atom is -0.478 e. The number of carboxylic acid groups (broad SMARTS) is 1. The first-order valence-corrected chi connectivity index (χ1v) is 11.0. The zero-order valence-electron chi connectivity index (χ0n) is 17.0. The Kier molecular flexibility index (Phi) is 3.99. The zero-order chi connectivity index (χ0) is 20.3. The molecule has 0 atom stereocenters. The summed E-state index contributed by atoms with van der Waals surface area (Å²) < 4.78 is 11.9. The van der Waals surface area contributed by atoms with Crippen LogP contribution in [0, 0.1) is 17.8 Å². The molecule has 2 aromatic rings. The van der Waals surface area contributed by atoms with Crippen LogP contribution in [0.25, 0.3) is 17.2 Å². The molecule has 4 nitrogen and oxygen atoms in total. The maximum Gasteiger partial charge on any atom is 0.328 e. The summed E-state index contributed by atoms with van der Waals surface area (Å²) in [4.78, 5) is 10.8. The highest BCUT2D eigenvalue weighted by Gasteiger charge is 2.53. The van der Waals surface area contributed by atoms with E-state index in [0.29, 0.717) is 6.79 Å². The van der Waals surface area contributed by atoms with Crippen molar-refractivity contribution in [1.82, 2.24) is 0 Å². The average Bonchev–Trinajstić information content (AvgIpc) is 3.19. The van der Waals surface area contributed by atoms with Gasteiger partial charge < -0.3 is 14.6 Å². The number of hydrogen-bond donors (Lipinski definition) is 1. The Balaban J connectivity index is 1.40. The van der Waals surface area contributed by atoms with E-state index in [4.69, 9.17) is 14.6 Å². The van der Waals surface area contributed by atoms with E-state index in [0.717, 1.165) is 45.9 Å². The van der Waals surface area contributed by atoms with Crippen molar-refractivity contribution in [3.8, 4) is 22.6 Å².